The fourth-order valence-electron chi connectivity index (χ4n) is 2.75. The van der Waals surface area contributed by atoms with Gasteiger partial charge in [0.25, 0.3) is 5.91 Å². The Morgan fingerprint density at radius 1 is 1.23 bits per heavy atom. The van der Waals surface area contributed by atoms with Crippen LogP contribution < -0.4 is 0 Å². The largest absolute Gasteiger partial charge is 0.372 e. The summed E-state index contributed by atoms with van der Waals surface area (Å²) in [6.07, 6.45) is 1.80. The van der Waals surface area contributed by atoms with Gasteiger partial charge in [0.05, 0.1) is 24.9 Å². The van der Waals surface area contributed by atoms with Crippen LogP contribution in [0.4, 0.5) is 0 Å². The van der Waals surface area contributed by atoms with Crippen LogP contribution in [-0.4, -0.2) is 51.1 Å². The summed E-state index contributed by atoms with van der Waals surface area (Å²) in [6.45, 7) is 5.74. The Balaban J connectivity index is 1.69. The Morgan fingerprint density at radius 2 is 1.91 bits per heavy atom. The molecule has 2 aromatic rings. The first-order chi connectivity index (χ1) is 10.6. The van der Waals surface area contributed by atoms with E-state index < -0.39 is 0 Å². The summed E-state index contributed by atoms with van der Waals surface area (Å²) >= 11 is 0. The van der Waals surface area contributed by atoms with Gasteiger partial charge < -0.3 is 9.64 Å². The molecule has 0 N–H and O–H groups in total. The summed E-state index contributed by atoms with van der Waals surface area (Å²) in [5.74, 6) is -0.0821. The molecule has 0 saturated carbocycles. The van der Waals surface area contributed by atoms with Crippen molar-refractivity contribution in [2.75, 3.05) is 13.1 Å². The smallest absolute Gasteiger partial charge is 0.276 e. The average molecular weight is 300 g/mol. The van der Waals surface area contributed by atoms with Crippen LogP contribution in [0.2, 0.25) is 0 Å². The lowest BCUT2D eigenvalue weighted by Crippen LogP contribution is -2.48. The quantitative estimate of drug-likeness (QED) is 0.863. The van der Waals surface area contributed by atoms with E-state index in [1.165, 1.54) is 0 Å². The number of aromatic nitrogens is 3. The maximum absolute atomic E-state index is 12.5. The lowest BCUT2D eigenvalue weighted by atomic mass is 10.2. The van der Waals surface area contributed by atoms with Crippen LogP contribution in [0.5, 0.6) is 0 Å². The standard InChI is InChI=1S/C16H20N4O2/c1-12-8-19(9-13(2)22-12)16(21)15-11-20(18-17-15)10-14-6-4-3-5-7-14/h3-7,11-13H,8-10H2,1-2H3/t12-,13-/m1/s1. The maximum Gasteiger partial charge on any atom is 0.276 e. The second kappa shape index (κ2) is 6.27. The van der Waals surface area contributed by atoms with Crippen molar-refractivity contribution in [3.8, 4) is 0 Å². The SMILES string of the molecule is C[C@@H]1CN(C(=O)c2cn(Cc3ccccc3)nn2)C[C@@H](C)O1. The van der Waals surface area contributed by atoms with E-state index >= 15 is 0 Å². The van der Waals surface area contributed by atoms with Gasteiger partial charge in [-0.15, -0.1) is 5.10 Å². The van der Waals surface area contributed by atoms with Crippen LogP contribution in [0.1, 0.15) is 29.9 Å². The van der Waals surface area contributed by atoms with Crippen molar-refractivity contribution in [3.63, 3.8) is 0 Å². The molecular formula is C16H20N4O2. The molecule has 2 atom stereocenters. The van der Waals surface area contributed by atoms with Gasteiger partial charge in [0.15, 0.2) is 5.69 Å². The van der Waals surface area contributed by atoms with Crippen molar-refractivity contribution in [2.45, 2.75) is 32.6 Å². The molecule has 2 heterocycles. The fourth-order valence-corrected chi connectivity index (χ4v) is 2.75. The zero-order valence-electron chi connectivity index (χ0n) is 12.8. The average Bonchev–Trinajstić information content (AvgIpc) is 2.95. The van der Waals surface area contributed by atoms with Gasteiger partial charge in [-0.25, -0.2) is 4.68 Å². The third-order valence-corrected chi connectivity index (χ3v) is 3.65. The molecule has 1 saturated heterocycles. The molecule has 1 fully saturated rings. The van der Waals surface area contributed by atoms with Crippen molar-refractivity contribution >= 4 is 5.91 Å². The number of morpholine rings is 1. The van der Waals surface area contributed by atoms with Gasteiger partial charge in [-0.1, -0.05) is 35.5 Å². The van der Waals surface area contributed by atoms with Crippen LogP contribution in [0.15, 0.2) is 36.5 Å². The molecule has 0 spiro atoms. The molecule has 6 heteroatoms. The Bertz CT molecular complexity index is 631. The number of hydrogen-bond donors (Lipinski definition) is 0. The third-order valence-electron chi connectivity index (χ3n) is 3.65. The van der Waals surface area contributed by atoms with Crippen LogP contribution in [0.3, 0.4) is 0 Å². The zero-order chi connectivity index (χ0) is 15.5. The van der Waals surface area contributed by atoms with Crippen LogP contribution in [0.25, 0.3) is 0 Å². The molecule has 0 bridgehead atoms. The van der Waals surface area contributed by atoms with Gasteiger partial charge in [0.1, 0.15) is 0 Å². The Morgan fingerprint density at radius 3 is 2.59 bits per heavy atom. The monoisotopic (exact) mass is 300 g/mol. The summed E-state index contributed by atoms with van der Waals surface area (Å²) in [6, 6.07) is 9.98. The molecule has 0 unspecified atom stereocenters. The number of amides is 1. The van der Waals surface area contributed by atoms with Crippen LogP contribution in [0, 0.1) is 0 Å². The number of nitrogens with zero attached hydrogens (tertiary/aromatic N) is 4. The lowest BCUT2D eigenvalue weighted by molar-refractivity contribution is -0.0587. The van der Waals surface area contributed by atoms with Gasteiger partial charge in [-0.3, -0.25) is 4.79 Å². The minimum atomic E-state index is -0.0821. The summed E-state index contributed by atoms with van der Waals surface area (Å²) in [4.78, 5) is 14.3. The molecule has 1 aliphatic heterocycles. The molecule has 3 rings (SSSR count). The van der Waals surface area contributed by atoms with Crippen LogP contribution >= 0.6 is 0 Å². The highest BCUT2D eigenvalue weighted by molar-refractivity contribution is 5.92. The Labute approximate surface area is 129 Å². The highest BCUT2D eigenvalue weighted by Gasteiger charge is 2.28. The molecule has 1 aromatic carbocycles. The number of carbonyl (C=O) groups is 1. The number of benzene rings is 1. The third kappa shape index (κ3) is 3.33. The predicted molar refractivity (Wildman–Crippen MR) is 81.5 cm³/mol. The first-order valence-electron chi connectivity index (χ1n) is 7.50. The van der Waals surface area contributed by atoms with E-state index in [1.54, 1.807) is 15.8 Å². The summed E-state index contributed by atoms with van der Waals surface area (Å²) in [7, 11) is 0. The van der Waals surface area contributed by atoms with E-state index in [1.807, 2.05) is 44.2 Å². The molecule has 6 nitrogen and oxygen atoms in total. The van der Waals surface area contributed by atoms with Crippen LogP contribution in [-0.2, 0) is 11.3 Å². The molecule has 1 amide bonds. The molecule has 1 aliphatic rings. The van der Waals surface area contributed by atoms with E-state index in [0.29, 0.717) is 25.3 Å². The first kappa shape index (κ1) is 14.7. The van der Waals surface area contributed by atoms with Crippen molar-refractivity contribution in [1.82, 2.24) is 19.9 Å². The molecular weight excluding hydrogens is 280 g/mol. The highest BCUT2D eigenvalue weighted by Crippen LogP contribution is 2.13. The summed E-state index contributed by atoms with van der Waals surface area (Å²) in [5.41, 5.74) is 1.51. The normalized spacial score (nSPS) is 21.8. The van der Waals surface area contributed by atoms with E-state index in [-0.39, 0.29) is 18.1 Å². The minimum absolute atomic E-state index is 0.0482. The molecule has 116 valence electrons. The number of rotatable bonds is 3. The van der Waals surface area contributed by atoms with Gasteiger partial charge in [0.2, 0.25) is 0 Å². The zero-order valence-corrected chi connectivity index (χ0v) is 12.8. The molecule has 22 heavy (non-hydrogen) atoms. The summed E-state index contributed by atoms with van der Waals surface area (Å²) in [5, 5.41) is 8.07. The van der Waals surface area contributed by atoms with Crippen molar-refractivity contribution in [1.29, 1.82) is 0 Å². The molecule has 1 aromatic heterocycles. The highest BCUT2D eigenvalue weighted by atomic mass is 16.5. The maximum atomic E-state index is 12.5. The second-order valence-corrected chi connectivity index (χ2v) is 5.75. The molecule has 0 aliphatic carbocycles. The van der Waals surface area contributed by atoms with Gasteiger partial charge >= 0.3 is 0 Å². The Kier molecular flexibility index (Phi) is 4.20. The van der Waals surface area contributed by atoms with Crippen molar-refractivity contribution < 1.29 is 9.53 Å². The van der Waals surface area contributed by atoms with E-state index in [2.05, 4.69) is 10.3 Å². The fraction of sp³-hybridized carbons (Fsp3) is 0.438. The van der Waals surface area contributed by atoms with Crippen molar-refractivity contribution in [2.24, 2.45) is 0 Å². The van der Waals surface area contributed by atoms with Crippen molar-refractivity contribution in [3.05, 3.63) is 47.8 Å². The van der Waals surface area contributed by atoms with E-state index in [0.717, 1.165) is 5.56 Å². The number of carbonyl (C=O) groups excluding carboxylic acids is 1. The first-order valence-corrected chi connectivity index (χ1v) is 7.50. The second-order valence-electron chi connectivity index (χ2n) is 5.75. The topological polar surface area (TPSA) is 60.2 Å². The molecule has 0 radical (unpaired) electrons. The van der Waals surface area contributed by atoms with E-state index in [4.69, 9.17) is 4.74 Å². The Hall–Kier alpha value is -2.21. The predicted octanol–water partition coefficient (Wildman–Crippen LogP) is 1.58. The minimum Gasteiger partial charge on any atom is -0.372 e. The van der Waals surface area contributed by atoms with Gasteiger partial charge in [0, 0.05) is 13.1 Å². The lowest BCUT2D eigenvalue weighted by Gasteiger charge is -2.34. The van der Waals surface area contributed by atoms with Gasteiger partial charge in [-0.2, -0.15) is 0 Å². The van der Waals surface area contributed by atoms with E-state index in [9.17, 15) is 4.79 Å². The number of ether oxygens (including phenoxy) is 1. The van der Waals surface area contributed by atoms with Gasteiger partial charge in [-0.05, 0) is 19.4 Å². The number of hydrogen-bond acceptors (Lipinski definition) is 4. The summed E-state index contributed by atoms with van der Waals surface area (Å²) < 4.78 is 7.34.